The van der Waals surface area contributed by atoms with E-state index in [-0.39, 0.29) is 0 Å². The lowest BCUT2D eigenvalue weighted by molar-refractivity contribution is 0.308. The molecule has 0 unspecified atom stereocenters. The third kappa shape index (κ3) is 6.93. The molecule has 0 aliphatic rings. The first-order valence-corrected chi connectivity index (χ1v) is 9.52. The molecule has 0 amide bonds. The zero-order chi connectivity index (χ0) is 20.0. The van der Waals surface area contributed by atoms with Gasteiger partial charge in [0.15, 0.2) is 5.96 Å². The lowest BCUT2D eigenvalue weighted by Gasteiger charge is -2.25. The Morgan fingerprint density at radius 1 is 1.04 bits per heavy atom. The van der Waals surface area contributed by atoms with Gasteiger partial charge in [-0.15, -0.1) is 13.2 Å². The van der Waals surface area contributed by atoms with Crippen LogP contribution in [0.3, 0.4) is 0 Å². The lowest BCUT2D eigenvalue weighted by atomic mass is 10.2. The van der Waals surface area contributed by atoms with Gasteiger partial charge in [0, 0.05) is 19.6 Å². The molecule has 0 aliphatic carbocycles. The van der Waals surface area contributed by atoms with Crippen molar-refractivity contribution in [2.75, 3.05) is 31.5 Å². The summed E-state index contributed by atoms with van der Waals surface area (Å²) in [7, 11) is 0. The minimum Gasteiger partial charge on any atom is -0.487 e. The SMILES string of the molecule is C=CCN(CC=C)C(=NCCCN)Nc1ccccc1OCc1ccccc1. The molecule has 148 valence electrons. The zero-order valence-electron chi connectivity index (χ0n) is 16.4. The summed E-state index contributed by atoms with van der Waals surface area (Å²) in [6, 6.07) is 18.0. The van der Waals surface area contributed by atoms with Gasteiger partial charge in [0.2, 0.25) is 0 Å². The number of rotatable bonds is 11. The van der Waals surface area contributed by atoms with Crippen molar-refractivity contribution in [2.24, 2.45) is 10.7 Å². The van der Waals surface area contributed by atoms with Crippen LogP contribution < -0.4 is 15.8 Å². The van der Waals surface area contributed by atoms with E-state index < -0.39 is 0 Å². The molecule has 2 rings (SSSR count). The van der Waals surface area contributed by atoms with E-state index >= 15 is 0 Å². The van der Waals surface area contributed by atoms with Crippen LogP contribution in [-0.2, 0) is 6.61 Å². The van der Waals surface area contributed by atoms with Gasteiger partial charge in [-0.2, -0.15) is 0 Å². The van der Waals surface area contributed by atoms with E-state index in [0.717, 1.165) is 29.4 Å². The van der Waals surface area contributed by atoms with Crippen molar-refractivity contribution in [1.82, 2.24) is 4.90 Å². The summed E-state index contributed by atoms with van der Waals surface area (Å²) in [5, 5.41) is 3.43. The molecule has 5 heteroatoms. The highest BCUT2D eigenvalue weighted by atomic mass is 16.5. The van der Waals surface area contributed by atoms with E-state index in [2.05, 4.69) is 23.4 Å². The summed E-state index contributed by atoms with van der Waals surface area (Å²) in [6.07, 6.45) is 4.52. The fourth-order valence-corrected chi connectivity index (χ4v) is 2.61. The van der Waals surface area contributed by atoms with Gasteiger partial charge in [0.1, 0.15) is 12.4 Å². The smallest absolute Gasteiger partial charge is 0.199 e. The summed E-state index contributed by atoms with van der Waals surface area (Å²) >= 11 is 0. The Morgan fingerprint density at radius 2 is 1.71 bits per heavy atom. The molecule has 5 nitrogen and oxygen atoms in total. The summed E-state index contributed by atoms with van der Waals surface area (Å²) in [4.78, 5) is 6.78. The van der Waals surface area contributed by atoms with Crippen molar-refractivity contribution >= 4 is 11.6 Å². The number of hydrogen-bond acceptors (Lipinski definition) is 3. The first-order chi connectivity index (χ1) is 13.8. The van der Waals surface area contributed by atoms with Gasteiger partial charge in [0.05, 0.1) is 5.69 Å². The highest BCUT2D eigenvalue weighted by molar-refractivity contribution is 5.95. The number of nitrogens with two attached hydrogens (primary N) is 1. The van der Waals surface area contributed by atoms with E-state index in [9.17, 15) is 0 Å². The lowest BCUT2D eigenvalue weighted by Crippen LogP contribution is -2.37. The average Bonchev–Trinajstić information content (AvgIpc) is 2.73. The van der Waals surface area contributed by atoms with Gasteiger partial charge in [-0.1, -0.05) is 54.6 Å². The van der Waals surface area contributed by atoms with Gasteiger partial charge < -0.3 is 20.7 Å². The summed E-state index contributed by atoms with van der Waals surface area (Å²) in [5.74, 6) is 1.53. The van der Waals surface area contributed by atoms with Crippen LogP contribution in [0.1, 0.15) is 12.0 Å². The highest BCUT2D eigenvalue weighted by Gasteiger charge is 2.12. The number of guanidine groups is 1. The monoisotopic (exact) mass is 378 g/mol. The van der Waals surface area contributed by atoms with Gasteiger partial charge >= 0.3 is 0 Å². The Balaban J connectivity index is 2.18. The van der Waals surface area contributed by atoms with Gasteiger partial charge in [-0.25, -0.2) is 0 Å². The average molecular weight is 379 g/mol. The maximum absolute atomic E-state index is 6.05. The Hall–Kier alpha value is -3.05. The van der Waals surface area contributed by atoms with Crippen molar-refractivity contribution in [1.29, 1.82) is 0 Å². The van der Waals surface area contributed by atoms with Crippen LogP contribution in [0.5, 0.6) is 5.75 Å². The van der Waals surface area contributed by atoms with Crippen LogP contribution >= 0.6 is 0 Å². The van der Waals surface area contributed by atoms with E-state index in [1.165, 1.54) is 0 Å². The third-order valence-electron chi connectivity index (χ3n) is 3.99. The molecule has 0 radical (unpaired) electrons. The Bertz CT molecular complexity index is 748. The fraction of sp³-hybridized carbons (Fsp3) is 0.261. The molecule has 0 heterocycles. The highest BCUT2D eigenvalue weighted by Crippen LogP contribution is 2.25. The molecule has 2 aromatic rings. The van der Waals surface area contributed by atoms with Gasteiger partial charge in [-0.05, 0) is 30.7 Å². The molecule has 2 aromatic carbocycles. The van der Waals surface area contributed by atoms with Crippen molar-refractivity contribution in [3.8, 4) is 5.75 Å². The summed E-state index contributed by atoms with van der Waals surface area (Å²) < 4.78 is 6.05. The second-order valence-corrected chi connectivity index (χ2v) is 6.23. The molecule has 28 heavy (non-hydrogen) atoms. The molecular formula is C23H30N4O. The largest absolute Gasteiger partial charge is 0.487 e. The van der Waals surface area contributed by atoms with E-state index in [1.54, 1.807) is 0 Å². The molecule has 0 aliphatic heterocycles. The molecule has 0 aromatic heterocycles. The Labute approximate surface area is 168 Å². The van der Waals surface area contributed by atoms with E-state index in [0.29, 0.717) is 32.8 Å². The zero-order valence-corrected chi connectivity index (χ0v) is 16.4. The minimum absolute atomic E-state index is 0.502. The normalized spacial score (nSPS) is 11.0. The first kappa shape index (κ1) is 21.3. The number of benzene rings is 2. The Morgan fingerprint density at radius 3 is 2.39 bits per heavy atom. The number of para-hydroxylation sites is 2. The maximum Gasteiger partial charge on any atom is 0.199 e. The predicted molar refractivity (Wildman–Crippen MR) is 119 cm³/mol. The van der Waals surface area contributed by atoms with Crippen LogP contribution in [0.4, 0.5) is 5.69 Å². The fourth-order valence-electron chi connectivity index (χ4n) is 2.61. The van der Waals surface area contributed by atoms with E-state index in [4.69, 9.17) is 15.5 Å². The van der Waals surface area contributed by atoms with Crippen molar-refractivity contribution in [3.63, 3.8) is 0 Å². The van der Waals surface area contributed by atoms with Crippen molar-refractivity contribution < 1.29 is 4.74 Å². The first-order valence-electron chi connectivity index (χ1n) is 9.52. The number of ether oxygens (including phenoxy) is 1. The molecule has 0 bridgehead atoms. The Kier molecular flexibility index (Phi) is 9.38. The number of anilines is 1. The van der Waals surface area contributed by atoms with Gasteiger partial charge in [0.25, 0.3) is 0 Å². The number of nitrogens with one attached hydrogen (secondary N) is 1. The van der Waals surface area contributed by atoms with Gasteiger partial charge in [-0.3, -0.25) is 4.99 Å². The predicted octanol–water partition coefficient (Wildman–Crippen LogP) is 4.06. The number of aliphatic imine (C=N–C) groups is 1. The van der Waals surface area contributed by atoms with Crippen LogP contribution in [-0.4, -0.2) is 37.0 Å². The molecule has 0 atom stereocenters. The third-order valence-corrected chi connectivity index (χ3v) is 3.99. The van der Waals surface area contributed by atoms with Crippen molar-refractivity contribution in [3.05, 3.63) is 85.5 Å². The molecular weight excluding hydrogens is 348 g/mol. The van der Waals surface area contributed by atoms with Crippen LogP contribution in [0.2, 0.25) is 0 Å². The molecule has 3 N–H and O–H groups in total. The standard InChI is InChI=1S/C23H30N4O/c1-3-17-27(18-4-2)23(25-16-10-15-24)26-21-13-8-9-14-22(21)28-19-20-11-6-5-7-12-20/h3-9,11-14H,1-2,10,15-19,24H2,(H,25,26). The summed E-state index contributed by atoms with van der Waals surface area (Å²) in [6.45, 7) is 10.8. The molecule has 0 saturated heterocycles. The number of hydrogen-bond donors (Lipinski definition) is 2. The second-order valence-electron chi connectivity index (χ2n) is 6.23. The van der Waals surface area contributed by atoms with Crippen LogP contribution in [0.25, 0.3) is 0 Å². The minimum atomic E-state index is 0.502. The topological polar surface area (TPSA) is 62.9 Å². The molecule has 0 fully saturated rings. The second kappa shape index (κ2) is 12.4. The van der Waals surface area contributed by atoms with Crippen LogP contribution in [0.15, 0.2) is 84.9 Å². The number of nitrogens with zero attached hydrogens (tertiary/aromatic N) is 2. The maximum atomic E-state index is 6.05. The molecule has 0 spiro atoms. The molecule has 0 saturated carbocycles. The summed E-state index contributed by atoms with van der Waals surface area (Å²) in [5.41, 5.74) is 7.61. The van der Waals surface area contributed by atoms with E-state index in [1.807, 2.05) is 66.7 Å². The van der Waals surface area contributed by atoms with Crippen LogP contribution in [0, 0.1) is 0 Å². The quantitative estimate of drug-likeness (QED) is 0.268. The van der Waals surface area contributed by atoms with Crippen molar-refractivity contribution in [2.45, 2.75) is 13.0 Å².